The Morgan fingerprint density at radius 1 is 1.47 bits per heavy atom. The first kappa shape index (κ1) is 12.9. The standard InChI is InChI=1S/C15H13NO3/c1-2-19-15(18)5-3-4-11-6-7-13-12(10-17)9-16-14(13)8-11/h6-10,16H,2,5H2,1H3. The second-order valence-corrected chi connectivity index (χ2v) is 3.91. The number of aldehydes is 1. The number of aromatic amines is 1. The van der Waals surface area contributed by atoms with Crippen LogP contribution in [0.15, 0.2) is 24.4 Å². The van der Waals surface area contributed by atoms with Crippen molar-refractivity contribution in [3.05, 3.63) is 35.5 Å². The molecule has 0 bridgehead atoms. The first-order valence-corrected chi connectivity index (χ1v) is 5.95. The Balaban J connectivity index is 2.16. The van der Waals surface area contributed by atoms with E-state index in [2.05, 4.69) is 16.8 Å². The molecule has 0 radical (unpaired) electrons. The summed E-state index contributed by atoms with van der Waals surface area (Å²) < 4.78 is 4.78. The molecule has 2 aromatic rings. The SMILES string of the molecule is CCOC(=O)CC#Cc1ccc2c(C=O)c[nH]c2c1. The summed E-state index contributed by atoms with van der Waals surface area (Å²) in [5.74, 6) is 5.34. The number of carbonyl (C=O) groups excluding carboxylic acids is 2. The van der Waals surface area contributed by atoms with Gasteiger partial charge in [0.05, 0.1) is 6.61 Å². The number of ether oxygens (including phenoxy) is 1. The Morgan fingerprint density at radius 3 is 3.05 bits per heavy atom. The van der Waals surface area contributed by atoms with Crippen molar-refractivity contribution in [1.29, 1.82) is 0 Å². The number of hydrogen-bond donors (Lipinski definition) is 1. The maximum Gasteiger partial charge on any atom is 0.317 e. The lowest BCUT2D eigenvalue weighted by atomic mass is 10.1. The smallest absolute Gasteiger partial charge is 0.317 e. The second-order valence-electron chi connectivity index (χ2n) is 3.91. The Kier molecular flexibility index (Phi) is 3.99. The third kappa shape index (κ3) is 3.02. The van der Waals surface area contributed by atoms with Crippen molar-refractivity contribution in [2.45, 2.75) is 13.3 Å². The van der Waals surface area contributed by atoms with Gasteiger partial charge in [-0.15, -0.1) is 0 Å². The Hall–Kier alpha value is -2.54. The van der Waals surface area contributed by atoms with Crippen LogP contribution in [0.3, 0.4) is 0 Å². The molecule has 0 saturated carbocycles. The third-order valence-electron chi connectivity index (χ3n) is 2.61. The molecule has 19 heavy (non-hydrogen) atoms. The normalized spacial score (nSPS) is 9.74. The molecule has 0 fully saturated rings. The van der Waals surface area contributed by atoms with Gasteiger partial charge in [0.2, 0.25) is 0 Å². The molecule has 0 aliphatic rings. The van der Waals surface area contributed by atoms with Crippen molar-refractivity contribution in [3.8, 4) is 11.8 Å². The lowest BCUT2D eigenvalue weighted by Crippen LogP contribution is -2.01. The van der Waals surface area contributed by atoms with E-state index in [9.17, 15) is 9.59 Å². The molecule has 0 saturated heterocycles. The van der Waals surface area contributed by atoms with Crippen LogP contribution in [0.2, 0.25) is 0 Å². The highest BCUT2D eigenvalue weighted by atomic mass is 16.5. The largest absolute Gasteiger partial charge is 0.465 e. The van der Waals surface area contributed by atoms with E-state index in [1.807, 2.05) is 18.2 Å². The number of carbonyl (C=O) groups is 2. The average Bonchev–Trinajstić information content (AvgIpc) is 2.81. The van der Waals surface area contributed by atoms with E-state index in [4.69, 9.17) is 4.74 Å². The van der Waals surface area contributed by atoms with Gasteiger partial charge in [-0.25, -0.2) is 0 Å². The molecule has 4 heteroatoms. The second kappa shape index (κ2) is 5.87. The van der Waals surface area contributed by atoms with Crippen molar-refractivity contribution in [2.24, 2.45) is 0 Å². The molecule has 1 aromatic heterocycles. The van der Waals surface area contributed by atoms with Crippen molar-refractivity contribution < 1.29 is 14.3 Å². The summed E-state index contributed by atoms with van der Waals surface area (Å²) in [4.78, 5) is 24.9. The molecule has 0 unspecified atom stereocenters. The van der Waals surface area contributed by atoms with Crippen LogP contribution in [0.5, 0.6) is 0 Å². The molecule has 0 aliphatic heterocycles. The molecule has 0 spiro atoms. The van der Waals surface area contributed by atoms with E-state index >= 15 is 0 Å². The Labute approximate surface area is 110 Å². The van der Waals surface area contributed by atoms with Gasteiger partial charge in [0.15, 0.2) is 6.29 Å². The Morgan fingerprint density at radius 2 is 2.32 bits per heavy atom. The van der Waals surface area contributed by atoms with Gasteiger partial charge >= 0.3 is 5.97 Å². The number of rotatable bonds is 3. The molecule has 1 heterocycles. The number of H-pyrrole nitrogens is 1. The molecular weight excluding hydrogens is 242 g/mol. The number of fused-ring (bicyclic) bond motifs is 1. The van der Waals surface area contributed by atoms with Crippen LogP contribution in [0, 0.1) is 11.8 Å². The summed E-state index contributed by atoms with van der Waals surface area (Å²) in [5.41, 5.74) is 2.27. The first-order chi connectivity index (χ1) is 9.24. The molecule has 96 valence electrons. The molecule has 4 nitrogen and oxygen atoms in total. The predicted molar refractivity (Wildman–Crippen MR) is 71.8 cm³/mol. The highest BCUT2D eigenvalue weighted by Crippen LogP contribution is 2.17. The van der Waals surface area contributed by atoms with Gasteiger partial charge in [0.25, 0.3) is 0 Å². The van der Waals surface area contributed by atoms with Crippen LogP contribution in [0.4, 0.5) is 0 Å². The van der Waals surface area contributed by atoms with E-state index in [-0.39, 0.29) is 12.4 Å². The van der Waals surface area contributed by atoms with E-state index in [0.717, 1.165) is 22.8 Å². The van der Waals surface area contributed by atoms with E-state index < -0.39 is 0 Å². The van der Waals surface area contributed by atoms with E-state index in [1.54, 1.807) is 13.1 Å². The zero-order chi connectivity index (χ0) is 13.7. The Bertz CT molecular complexity index is 673. The van der Waals surface area contributed by atoms with Gasteiger partial charge in [-0.3, -0.25) is 9.59 Å². The highest BCUT2D eigenvalue weighted by molar-refractivity contribution is 5.97. The number of nitrogens with one attached hydrogen (secondary N) is 1. The predicted octanol–water partition coefficient (Wildman–Crippen LogP) is 2.29. The summed E-state index contributed by atoms with van der Waals surface area (Å²) in [6.45, 7) is 2.12. The lowest BCUT2D eigenvalue weighted by Gasteiger charge is -1.95. The molecule has 1 aromatic carbocycles. The zero-order valence-electron chi connectivity index (χ0n) is 10.5. The fourth-order valence-corrected chi connectivity index (χ4v) is 1.75. The topological polar surface area (TPSA) is 59.2 Å². The third-order valence-corrected chi connectivity index (χ3v) is 2.61. The van der Waals surface area contributed by atoms with Gasteiger partial charge < -0.3 is 9.72 Å². The number of hydrogen-bond acceptors (Lipinski definition) is 3. The monoisotopic (exact) mass is 255 g/mol. The molecule has 0 atom stereocenters. The van der Waals surface area contributed by atoms with Crippen LogP contribution < -0.4 is 0 Å². The van der Waals surface area contributed by atoms with Gasteiger partial charge in [0.1, 0.15) is 6.42 Å². The van der Waals surface area contributed by atoms with E-state index in [0.29, 0.717) is 12.2 Å². The van der Waals surface area contributed by atoms with Crippen molar-refractivity contribution in [2.75, 3.05) is 6.61 Å². The van der Waals surface area contributed by atoms with Gasteiger partial charge in [-0.1, -0.05) is 17.9 Å². The molecule has 2 rings (SSSR count). The quantitative estimate of drug-likeness (QED) is 0.520. The maximum absolute atomic E-state index is 11.1. The van der Waals surface area contributed by atoms with E-state index in [1.165, 1.54) is 0 Å². The maximum atomic E-state index is 11.1. The minimum absolute atomic E-state index is 0.0796. The van der Waals surface area contributed by atoms with Crippen molar-refractivity contribution in [3.63, 3.8) is 0 Å². The minimum atomic E-state index is -0.320. The summed E-state index contributed by atoms with van der Waals surface area (Å²) in [6.07, 6.45) is 2.55. The number of aromatic nitrogens is 1. The van der Waals surface area contributed by atoms with Gasteiger partial charge in [0, 0.05) is 28.2 Å². The summed E-state index contributed by atoms with van der Waals surface area (Å²) in [6, 6.07) is 5.51. The first-order valence-electron chi connectivity index (χ1n) is 5.95. The summed E-state index contributed by atoms with van der Waals surface area (Å²) in [5, 5.41) is 0.867. The fourth-order valence-electron chi connectivity index (χ4n) is 1.75. The van der Waals surface area contributed by atoms with Crippen LogP contribution >= 0.6 is 0 Å². The van der Waals surface area contributed by atoms with Crippen LogP contribution in [-0.2, 0) is 9.53 Å². The number of esters is 1. The van der Waals surface area contributed by atoms with Crippen LogP contribution in [0.1, 0.15) is 29.3 Å². The van der Waals surface area contributed by atoms with Crippen LogP contribution in [-0.4, -0.2) is 23.8 Å². The van der Waals surface area contributed by atoms with Crippen molar-refractivity contribution >= 4 is 23.2 Å². The zero-order valence-corrected chi connectivity index (χ0v) is 10.5. The molecule has 0 amide bonds. The van der Waals surface area contributed by atoms with Gasteiger partial charge in [-0.2, -0.15) is 0 Å². The molecule has 0 aliphatic carbocycles. The highest BCUT2D eigenvalue weighted by Gasteiger charge is 2.02. The minimum Gasteiger partial charge on any atom is -0.465 e. The lowest BCUT2D eigenvalue weighted by molar-refractivity contribution is -0.141. The average molecular weight is 255 g/mol. The van der Waals surface area contributed by atoms with Crippen LogP contribution in [0.25, 0.3) is 10.9 Å². The van der Waals surface area contributed by atoms with Gasteiger partial charge in [-0.05, 0) is 19.1 Å². The summed E-state index contributed by atoms with van der Waals surface area (Å²) >= 11 is 0. The fraction of sp³-hybridized carbons (Fsp3) is 0.200. The molecule has 1 N–H and O–H groups in total. The number of benzene rings is 1. The van der Waals surface area contributed by atoms with Crippen molar-refractivity contribution in [1.82, 2.24) is 4.98 Å². The summed E-state index contributed by atoms with van der Waals surface area (Å²) in [7, 11) is 0. The molecular formula is C15H13NO3.